The van der Waals surface area contributed by atoms with Crippen LogP contribution < -0.4 is 11.1 Å². The van der Waals surface area contributed by atoms with Gasteiger partial charge in [0.15, 0.2) is 0 Å². The van der Waals surface area contributed by atoms with Crippen LogP contribution in [0.15, 0.2) is 42.7 Å². The predicted octanol–water partition coefficient (Wildman–Crippen LogP) is 2.59. The lowest BCUT2D eigenvalue weighted by Gasteiger charge is -2.11. The van der Waals surface area contributed by atoms with Crippen LogP contribution in [0.4, 0.5) is 10.2 Å². The van der Waals surface area contributed by atoms with Crippen molar-refractivity contribution >= 4 is 11.7 Å². The highest BCUT2D eigenvalue weighted by Gasteiger charge is 2.11. The van der Waals surface area contributed by atoms with Gasteiger partial charge in [-0.1, -0.05) is 12.1 Å². The Morgan fingerprint density at radius 2 is 2.12 bits per heavy atom. The van der Waals surface area contributed by atoms with Gasteiger partial charge in [0.05, 0.1) is 18.3 Å². The number of hydrogen-bond acceptors (Lipinski definition) is 4. The van der Waals surface area contributed by atoms with E-state index in [-0.39, 0.29) is 11.7 Å². The monoisotopic (exact) mass is 353 g/mol. The zero-order valence-corrected chi connectivity index (χ0v) is 14.7. The van der Waals surface area contributed by atoms with Gasteiger partial charge in [-0.05, 0) is 48.7 Å². The zero-order valence-electron chi connectivity index (χ0n) is 14.7. The number of nitrogens with two attached hydrogens (primary N) is 1. The average Bonchev–Trinajstić information content (AvgIpc) is 3.02. The van der Waals surface area contributed by atoms with Crippen molar-refractivity contribution in [1.82, 2.24) is 20.1 Å². The van der Waals surface area contributed by atoms with Gasteiger partial charge in [-0.15, -0.1) is 0 Å². The molecule has 1 aromatic carbocycles. The van der Waals surface area contributed by atoms with Crippen molar-refractivity contribution < 1.29 is 9.18 Å². The number of nitrogens with one attached hydrogen (secondary N) is 1. The molecule has 0 fully saturated rings. The smallest absolute Gasteiger partial charge is 0.254 e. The number of aromatic nitrogens is 3. The number of nitrogens with zero attached hydrogens (tertiary/aromatic N) is 3. The van der Waals surface area contributed by atoms with Gasteiger partial charge < -0.3 is 11.1 Å². The van der Waals surface area contributed by atoms with Gasteiger partial charge in [0.2, 0.25) is 0 Å². The van der Waals surface area contributed by atoms with Crippen molar-refractivity contribution in [2.45, 2.75) is 26.9 Å². The first kappa shape index (κ1) is 17.6. The third-order valence-corrected chi connectivity index (χ3v) is 4.13. The number of benzene rings is 1. The van der Waals surface area contributed by atoms with Crippen LogP contribution in [0.3, 0.4) is 0 Å². The van der Waals surface area contributed by atoms with Crippen molar-refractivity contribution in [2.24, 2.45) is 0 Å². The van der Waals surface area contributed by atoms with Crippen LogP contribution >= 0.6 is 0 Å². The normalized spacial score (nSPS) is 10.7. The number of anilines is 1. The summed E-state index contributed by atoms with van der Waals surface area (Å²) in [5.41, 5.74) is 9.66. The topological polar surface area (TPSA) is 85.8 Å². The Bertz CT molecular complexity index is 928. The van der Waals surface area contributed by atoms with Crippen molar-refractivity contribution in [2.75, 3.05) is 5.73 Å². The minimum atomic E-state index is -0.296. The van der Waals surface area contributed by atoms with E-state index in [9.17, 15) is 9.18 Å². The highest BCUT2D eigenvalue weighted by Crippen LogP contribution is 2.14. The third kappa shape index (κ3) is 4.05. The molecule has 0 aliphatic carbocycles. The second-order valence-corrected chi connectivity index (χ2v) is 6.17. The van der Waals surface area contributed by atoms with E-state index >= 15 is 0 Å². The van der Waals surface area contributed by atoms with Gasteiger partial charge >= 0.3 is 0 Å². The Labute approximate surface area is 150 Å². The fraction of sp³-hybridized carbons (Fsp3) is 0.211. The lowest BCUT2D eigenvalue weighted by Crippen LogP contribution is -2.23. The second-order valence-electron chi connectivity index (χ2n) is 6.17. The molecule has 3 aromatic rings. The van der Waals surface area contributed by atoms with E-state index in [1.807, 2.05) is 19.9 Å². The van der Waals surface area contributed by atoms with Gasteiger partial charge in [-0.2, -0.15) is 5.10 Å². The molecule has 0 unspecified atom stereocenters. The first-order chi connectivity index (χ1) is 12.4. The largest absolute Gasteiger partial charge is 0.384 e. The van der Waals surface area contributed by atoms with Crippen LogP contribution in [0, 0.1) is 19.7 Å². The van der Waals surface area contributed by atoms with Crippen molar-refractivity contribution in [1.29, 1.82) is 0 Å². The number of aryl methyl sites for hydroxylation is 2. The molecule has 0 aliphatic rings. The standard InChI is InChI=1S/C19H20FN5O/c1-12-6-18(21)24-13(2)17(12)9-22-19(26)15-8-23-25(11-15)10-14-4-3-5-16(20)7-14/h3-8,11H,9-10H2,1-2H3,(H2,21,24)(H,22,26). The molecule has 0 atom stereocenters. The van der Waals surface area contributed by atoms with E-state index in [1.165, 1.54) is 18.3 Å². The Hall–Kier alpha value is -3.22. The Morgan fingerprint density at radius 3 is 2.85 bits per heavy atom. The lowest BCUT2D eigenvalue weighted by atomic mass is 10.1. The summed E-state index contributed by atoms with van der Waals surface area (Å²) < 4.78 is 14.9. The highest BCUT2D eigenvalue weighted by molar-refractivity contribution is 5.93. The molecule has 0 saturated heterocycles. The van der Waals surface area contributed by atoms with Crippen LogP contribution in [-0.4, -0.2) is 20.7 Å². The molecule has 1 amide bonds. The first-order valence-corrected chi connectivity index (χ1v) is 8.20. The van der Waals surface area contributed by atoms with E-state index in [0.29, 0.717) is 24.5 Å². The molecule has 26 heavy (non-hydrogen) atoms. The summed E-state index contributed by atoms with van der Waals surface area (Å²) >= 11 is 0. The van der Waals surface area contributed by atoms with Crippen molar-refractivity contribution in [3.05, 3.63) is 76.5 Å². The molecule has 7 heteroatoms. The van der Waals surface area contributed by atoms with E-state index in [0.717, 1.165) is 22.4 Å². The quantitative estimate of drug-likeness (QED) is 0.738. The van der Waals surface area contributed by atoms with E-state index < -0.39 is 0 Å². The van der Waals surface area contributed by atoms with Crippen LogP contribution in [0.5, 0.6) is 0 Å². The maximum atomic E-state index is 13.2. The third-order valence-electron chi connectivity index (χ3n) is 4.13. The minimum absolute atomic E-state index is 0.230. The summed E-state index contributed by atoms with van der Waals surface area (Å²) in [6.45, 7) is 4.55. The molecule has 2 aromatic heterocycles. The van der Waals surface area contributed by atoms with E-state index in [2.05, 4.69) is 15.4 Å². The molecular weight excluding hydrogens is 333 g/mol. The number of rotatable bonds is 5. The molecule has 0 radical (unpaired) electrons. The van der Waals surface area contributed by atoms with Gasteiger partial charge in [0, 0.05) is 18.4 Å². The summed E-state index contributed by atoms with van der Waals surface area (Å²) in [5, 5.41) is 7.04. The Balaban J connectivity index is 1.65. The fourth-order valence-corrected chi connectivity index (χ4v) is 2.82. The predicted molar refractivity (Wildman–Crippen MR) is 97.0 cm³/mol. The second kappa shape index (κ2) is 7.35. The number of amides is 1. The summed E-state index contributed by atoms with van der Waals surface area (Å²) in [7, 11) is 0. The molecular formula is C19H20FN5O. The van der Waals surface area contributed by atoms with Gasteiger partial charge in [0.1, 0.15) is 11.6 Å². The number of carbonyl (C=O) groups excluding carboxylic acids is 1. The molecule has 3 rings (SSSR count). The average molecular weight is 353 g/mol. The van der Waals surface area contributed by atoms with E-state index in [1.54, 1.807) is 23.0 Å². The SMILES string of the molecule is Cc1cc(N)nc(C)c1CNC(=O)c1cnn(Cc2cccc(F)c2)c1. The minimum Gasteiger partial charge on any atom is -0.384 e. The number of halogens is 1. The molecule has 0 saturated carbocycles. The van der Waals surface area contributed by atoms with Crippen LogP contribution in [-0.2, 0) is 13.1 Å². The molecule has 3 N–H and O–H groups in total. The summed E-state index contributed by atoms with van der Waals surface area (Å²) in [6, 6.07) is 8.07. The van der Waals surface area contributed by atoms with Crippen LogP contribution in [0.1, 0.15) is 32.7 Å². The van der Waals surface area contributed by atoms with Gasteiger partial charge in [-0.25, -0.2) is 9.37 Å². The van der Waals surface area contributed by atoms with Crippen LogP contribution in [0.25, 0.3) is 0 Å². The lowest BCUT2D eigenvalue weighted by molar-refractivity contribution is 0.0950. The number of nitrogen functional groups attached to an aromatic ring is 1. The summed E-state index contributed by atoms with van der Waals surface area (Å²) in [4.78, 5) is 16.6. The molecule has 0 aliphatic heterocycles. The van der Waals surface area contributed by atoms with Crippen molar-refractivity contribution in [3.8, 4) is 0 Å². The van der Waals surface area contributed by atoms with Crippen LogP contribution in [0.2, 0.25) is 0 Å². The maximum Gasteiger partial charge on any atom is 0.254 e. The maximum absolute atomic E-state index is 13.2. The first-order valence-electron chi connectivity index (χ1n) is 8.20. The van der Waals surface area contributed by atoms with E-state index in [4.69, 9.17) is 5.73 Å². The highest BCUT2D eigenvalue weighted by atomic mass is 19.1. The molecule has 6 nitrogen and oxygen atoms in total. The number of hydrogen-bond donors (Lipinski definition) is 2. The summed E-state index contributed by atoms with van der Waals surface area (Å²) in [5.74, 6) is -0.0599. The number of pyridine rings is 1. The molecule has 0 bridgehead atoms. The Kier molecular flexibility index (Phi) is 4.97. The molecule has 2 heterocycles. The van der Waals surface area contributed by atoms with Gasteiger partial charge in [0.25, 0.3) is 5.91 Å². The summed E-state index contributed by atoms with van der Waals surface area (Å²) in [6.07, 6.45) is 3.14. The molecule has 0 spiro atoms. The zero-order chi connectivity index (χ0) is 18.7. The number of carbonyl (C=O) groups is 1. The van der Waals surface area contributed by atoms with Gasteiger partial charge in [-0.3, -0.25) is 9.48 Å². The fourth-order valence-electron chi connectivity index (χ4n) is 2.82. The molecule has 134 valence electrons. The Morgan fingerprint density at radius 1 is 1.31 bits per heavy atom. The van der Waals surface area contributed by atoms with Crippen molar-refractivity contribution in [3.63, 3.8) is 0 Å².